The van der Waals surface area contributed by atoms with E-state index in [4.69, 9.17) is 4.74 Å². The monoisotopic (exact) mass is 514 g/mol. The van der Waals surface area contributed by atoms with Gasteiger partial charge in [-0.3, -0.25) is 4.79 Å². The number of carboxylic acid groups (broad SMARTS) is 1. The van der Waals surface area contributed by atoms with E-state index in [1.807, 2.05) is 6.08 Å². The molecule has 2 saturated carbocycles. The molecular formula is C32H50O5. The highest BCUT2D eigenvalue weighted by Crippen LogP contribution is 2.72. The molecule has 2 N–H and O–H groups in total. The lowest BCUT2D eigenvalue weighted by molar-refractivity contribution is -0.169. The lowest BCUT2D eigenvalue weighted by atomic mass is 9.42. The highest BCUT2D eigenvalue weighted by atomic mass is 16.5. The molecule has 0 aliphatic heterocycles. The Balaban J connectivity index is 1.64. The lowest BCUT2D eigenvalue weighted by Gasteiger charge is -2.63. The summed E-state index contributed by atoms with van der Waals surface area (Å²) in [5.41, 5.74) is 3.25. The molecule has 37 heavy (non-hydrogen) atoms. The number of carbonyl (C=O) groups is 2. The summed E-state index contributed by atoms with van der Waals surface area (Å²) < 4.78 is 5.80. The summed E-state index contributed by atoms with van der Waals surface area (Å²) in [5.74, 6) is 0.315. The summed E-state index contributed by atoms with van der Waals surface area (Å²) in [7, 11) is 0. The predicted octanol–water partition coefficient (Wildman–Crippen LogP) is 7.09. The molecule has 0 radical (unpaired) electrons. The van der Waals surface area contributed by atoms with Gasteiger partial charge in [-0.05, 0) is 104 Å². The fraction of sp³-hybridized carbons (Fsp3) is 0.812. The Hall–Kier alpha value is -1.62. The van der Waals surface area contributed by atoms with E-state index in [2.05, 4.69) is 41.5 Å². The highest BCUT2D eigenvalue weighted by Gasteiger charge is 2.65. The molecule has 4 rings (SSSR count). The minimum atomic E-state index is -0.831. The molecule has 0 heterocycles. The van der Waals surface area contributed by atoms with Crippen LogP contribution in [0.4, 0.5) is 0 Å². The van der Waals surface area contributed by atoms with Crippen LogP contribution in [0, 0.1) is 39.4 Å². The van der Waals surface area contributed by atoms with Gasteiger partial charge >= 0.3 is 11.9 Å². The van der Waals surface area contributed by atoms with Crippen LogP contribution in [0.5, 0.6) is 0 Å². The van der Waals surface area contributed by atoms with Crippen molar-refractivity contribution in [2.45, 2.75) is 125 Å². The van der Waals surface area contributed by atoms with Crippen LogP contribution >= 0.6 is 0 Å². The quantitative estimate of drug-likeness (QED) is 0.225. The molecule has 0 aromatic carbocycles. The van der Waals surface area contributed by atoms with Crippen molar-refractivity contribution in [1.29, 1.82) is 0 Å². The summed E-state index contributed by atoms with van der Waals surface area (Å²) in [6.07, 6.45) is 10.2. The van der Waals surface area contributed by atoms with Crippen LogP contribution < -0.4 is 0 Å². The van der Waals surface area contributed by atoms with Gasteiger partial charge in [0.05, 0.1) is 6.10 Å². The Morgan fingerprint density at radius 2 is 1.76 bits per heavy atom. The molecule has 0 amide bonds. The fourth-order valence-electron chi connectivity index (χ4n) is 9.84. The molecule has 8 atom stereocenters. The van der Waals surface area contributed by atoms with Crippen molar-refractivity contribution >= 4 is 11.9 Å². The minimum Gasteiger partial charge on any atom is -0.478 e. The van der Waals surface area contributed by atoms with Crippen molar-refractivity contribution in [2.75, 3.05) is 0 Å². The maximum Gasteiger partial charge on any atom is 0.330 e. The minimum absolute atomic E-state index is 0.0173. The average molecular weight is 515 g/mol. The Morgan fingerprint density at radius 1 is 1.08 bits per heavy atom. The van der Waals surface area contributed by atoms with Gasteiger partial charge in [-0.15, -0.1) is 0 Å². The van der Waals surface area contributed by atoms with Crippen LogP contribution in [-0.4, -0.2) is 34.4 Å². The number of ether oxygens (including phenoxy) is 1. The first-order chi connectivity index (χ1) is 17.1. The second kappa shape index (κ2) is 9.54. The zero-order valence-corrected chi connectivity index (χ0v) is 24.4. The summed E-state index contributed by atoms with van der Waals surface area (Å²) in [6.45, 7) is 17.4. The number of carboxylic acids is 1. The second-order valence-electron chi connectivity index (χ2n) is 14.2. The van der Waals surface area contributed by atoms with Gasteiger partial charge in [-0.25, -0.2) is 4.79 Å². The van der Waals surface area contributed by atoms with Gasteiger partial charge in [-0.2, -0.15) is 0 Å². The van der Waals surface area contributed by atoms with E-state index in [9.17, 15) is 19.8 Å². The fourth-order valence-corrected chi connectivity index (χ4v) is 9.84. The Bertz CT molecular complexity index is 1010. The normalized spacial score (nSPS) is 41.9. The average Bonchev–Trinajstić information content (AvgIpc) is 3.08. The molecule has 0 aromatic heterocycles. The number of aliphatic hydroxyl groups excluding tert-OH is 1. The van der Waals surface area contributed by atoms with Gasteiger partial charge in [0.25, 0.3) is 0 Å². The summed E-state index contributed by atoms with van der Waals surface area (Å²) in [4.78, 5) is 23.0. The van der Waals surface area contributed by atoms with Crippen molar-refractivity contribution < 1.29 is 24.5 Å². The molecule has 0 spiro atoms. The molecule has 5 heteroatoms. The number of hydrogen-bond acceptors (Lipinski definition) is 4. The number of rotatable bonds is 6. The molecule has 0 aromatic rings. The molecule has 8 unspecified atom stereocenters. The largest absolute Gasteiger partial charge is 0.478 e. The maximum absolute atomic E-state index is 11.8. The Labute approximate surface area is 224 Å². The molecule has 4 aliphatic carbocycles. The van der Waals surface area contributed by atoms with E-state index in [0.717, 1.165) is 51.4 Å². The smallest absolute Gasteiger partial charge is 0.330 e. The van der Waals surface area contributed by atoms with Gasteiger partial charge in [0.1, 0.15) is 6.10 Å². The molecule has 4 aliphatic rings. The molecule has 0 saturated heterocycles. The van der Waals surface area contributed by atoms with Crippen LogP contribution in [0.2, 0.25) is 0 Å². The van der Waals surface area contributed by atoms with Crippen LogP contribution in [0.1, 0.15) is 113 Å². The van der Waals surface area contributed by atoms with Crippen molar-refractivity contribution in [3.63, 3.8) is 0 Å². The number of carbonyl (C=O) groups excluding carboxylic acids is 1. The predicted molar refractivity (Wildman–Crippen MR) is 146 cm³/mol. The van der Waals surface area contributed by atoms with Crippen LogP contribution in [0.15, 0.2) is 22.8 Å². The third kappa shape index (κ3) is 4.32. The maximum atomic E-state index is 11.8. The van der Waals surface area contributed by atoms with Crippen LogP contribution in [0.25, 0.3) is 0 Å². The zero-order chi connectivity index (χ0) is 27.6. The Kier molecular flexibility index (Phi) is 7.32. The third-order valence-corrected chi connectivity index (χ3v) is 12.2. The van der Waals surface area contributed by atoms with Crippen molar-refractivity contribution in [1.82, 2.24) is 0 Å². The highest BCUT2D eigenvalue weighted by molar-refractivity contribution is 5.85. The van der Waals surface area contributed by atoms with Gasteiger partial charge < -0.3 is 14.9 Å². The number of esters is 1. The summed E-state index contributed by atoms with van der Waals surface area (Å²) in [6, 6.07) is 0. The molecule has 208 valence electrons. The van der Waals surface area contributed by atoms with Gasteiger partial charge in [0.15, 0.2) is 0 Å². The summed E-state index contributed by atoms with van der Waals surface area (Å²) >= 11 is 0. The van der Waals surface area contributed by atoms with E-state index < -0.39 is 12.1 Å². The van der Waals surface area contributed by atoms with E-state index >= 15 is 0 Å². The van der Waals surface area contributed by atoms with Crippen molar-refractivity contribution in [3.05, 3.63) is 22.8 Å². The molecule has 0 bridgehead atoms. The zero-order valence-electron chi connectivity index (χ0n) is 24.4. The topological polar surface area (TPSA) is 83.8 Å². The third-order valence-electron chi connectivity index (χ3n) is 12.2. The lowest BCUT2D eigenvalue weighted by Crippen LogP contribution is -2.58. The van der Waals surface area contributed by atoms with Gasteiger partial charge in [0.2, 0.25) is 0 Å². The van der Waals surface area contributed by atoms with Gasteiger partial charge in [0, 0.05) is 17.9 Å². The number of aliphatic carboxylic acids is 1. The van der Waals surface area contributed by atoms with E-state index in [0.29, 0.717) is 17.4 Å². The SMILES string of the molecule is CC(=O)OC1CCC2(C)C3=C(C(O)CC2C1(C)C)C1(C)CCC(C(C)CCC=C(C)C(=O)O)C1(C)CC3. The van der Waals surface area contributed by atoms with E-state index in [1.165, 1.54) is 24.5 Å². The van der Waals surface area contributed by atoms with Crippen LogP contribution in [0.3, 0.4) is 0 Å². The van der Waals surface area contributed by atoms with Crippen LogP contribution in [-0.2, 0) is 14.3 Å². The standard InChI is InChI=1S/C32H50O5/c1-19(10-9-11-20(2)28(35)36)22-12-17-32(8)27-23(13-16-31(22,32)7)30(6)15-14-26(37-21(3)33)29(4,5)25(30)18-24(27)34/h11,19,22,24-26,34H,9-10,12-18H2,1-8H3,(H,35,36). The number of allylic oxidation sites excluding steroid dienone is 2. The molecule has 5 nitrogen and oxygen atoms in total. The first kappa shape index (κ1) is 28.4. The van der Waals surface area contributed by atoms with E-state index in [1.54, 1.807) is 6.92 Å². The summed E-state index contributed by atoms with van der Waals surface area (Å²) in [5, 5.41) is 21.0. The van der Waals surface area contributed by atoms with Crippen molar-refractivity contribution in [3.8, 4) is 0 Å². The van der Waals surface area contributed by atoms with Gasteiger partial charge in [-0.1, -0.05) is 53.2 Å². The van der Waals surface area contributed by atoms with E-state index in [-0.39, 0.29) is 39.7 Å². The first-order valence-electron chi connectivity index (χ1n) is 14.6. The molecular weight excluding hydrogens is 464 g/mol. The molecule has 2 fully saturated rings. The number of fused-ring (bicyclic) bond motifs is 4. The second-order valence-corrected chi connectivity index (χ2v) is 14.2. The Morgan fingerprint density at radius 3 is 2.38 bits per heavy atom. The first-order valence-corrected chi connectivity index (χ1v) is 14.6. The van der Waals surface area contributed by atoms with Crippen molar-refractivity contribution in [2.24, 2.45) is 39.4 Å². The number of aliphatic hydroxyl groups is 1. The number of hydrogen-bond donors (Lipinski definition) is 2.